The molecule has 0 aliphatic heterocycles. The molecule has 0 aliphatic rings. The Morgan fingerprint density at radius 1 is 1.21 bits per heavy atom. The summed E-state index contributed by atoms with van der Waals surface area (Å²) >= 11 is 0. The molecule has 0 saturated carbocycles. The molecule has 24 heavy (non-hydrogen) atoms. The van der Waals surface area contributed by atoms with Crippen LogP contribution in [0.4, 0.5) is 0 Å². The minimum atomic E-state index is -0.481. The zero-order chi connectivity index (χ0) is 19.5. The van der Waals surface area contributed by atoms with Crippen molar-refractivity contribution in [3.05, 3.63) is 37.5 Å². The van der Waals surface area contributed by atoms with E-state index in [1.807, 2.05) is 13.8 Å². The van der Waals surface area contributed by atoms with E-state index in [1.165, 1.54) is 0 Å². The number of carbonyl (C=O) groups is 3. The van der Waals surface area contributed by atoms with Gasteiger partial charge in [0.2, 0.25) is 11.8 Å². The third-order valence-electron chi connectivity index (χ3n) is 1.97. The average molecular weight is 342 g/mol. The fourth-order valence-electron chi connectivity index (χ4n) is 0.831. The van der Waals surface area contributed by atoms with Crippen LogP contribution < -0.4 is 11.1 Å². The van der Waals surface area contributed by atoms with Gasteiger partial charge in [-0.25, -0.2) is 4.79 Å². The number of hydrogen-bond donors (Lipinski definition) is 3. The summed E-state index contributed by atoms with van der Waals surface area (Å²) in [5.41, 5.74) is 5.09. The van der Waals surface area contributed by atoms with Gasteiger partial charge in [-0.3, -0.25) is 9.59 Å². The number of carbonyl (C=O) groups excluding carboxylic acids is 3. The molecule has 0 fully saturated rings. The topological polar surface area (TPSA) is 119 Å². The second kappa shape index (κ2) is 18.6. The number of rotatable bonds is 8. The van der Waals surface area contributed by atoms with Gasteiger partial charge in [0.25, 0.3) is 0 Å². The van der Waals surface area contributed by atoms with Gasteiger partial charge in [0, 0.05) is 24.3 Å². The van der Waals surface area contributed by atoms with E-state index in [0.29, 0.717) is 25.0 Å². The number of esters is 1. The van der Waals surface area contributed by atoms with E-state index >= 15 is 0 Å². The third-order valence-corrected chi connectivity index (χ3v) is 1.97. The molecule has 7 nitrogen and oxygen atoms in total. The van der Waals surface area contributed by atoms with Gasteiger partial charge in [-0.05, 0) is 39.7 Å². The van der Waals surface area contributed by atoms with Crippen LogP contribution in [-0.2, 0) is 19.1 Å². The van der Waals surface area contributed by atoms with E-state index in [9.17, 15) is 14.4 Å². The maximum atomic E-state index is 10.7. The summed E-state index contributed by atoms with van der Waals surface area (Å²) in [6.07, 6.45) is 3.56. The first-order valence-electron chi connectivity index (χ1n) is 7.40. The van der Waals surface area contributed by atoms with Gasteiger partial charge in [0.05, 0.1) is 6.61 Å². The fourth-order valence-corrected chi connectivity index (χ4v) is 0.831. The first kappa shape index (κ1) is 26.5. The quantitative estimate of drug-likeness (QED) is 0.348. The predicted molar refractivity (Wildman–Crippen MR) is 95.0 cm³/mol. The van der Waals surface area contributed by atoms with Crippen molar-refractivity contribution < 1.29 is 24.2 Å². The number of unbranched alkanes of at least 4 members (excludes halogenated alkanes) is 1. The Kier molecular flexibility index (Phi) is 20.6. The van der Waals surface area contributed by atoms with E-state index in [1.54, 1.807) is 6.92 Å². The van der Waals surface area contributed by atoms with Crippen LogP contribution >= 0.6 is 0 Å². The lowest BCUT2D eigenvalue weighted by atomic mass is 10.3. The highest BCUT2D eigenvalue weighted by Crippen LogP contribution is 1.89. The van der Waals surface area contributed by atoms with Crippen LogP contribution in [-0.4, -0.2) is 42.1 Å². The summed E-state index contributed by atoms with van der Waals surface area (Å²) in [7, 11) is 0. The van der Waals surface area contributed by atoms with Crippen LogP contribution in [0.2, 0.25) is 0 Å². The zero-order valence-electron chi connectivity index (χ0n) is 14.8. The van der Waals surface area contributed by atoms with E-state index < -0.39 is 11.9 Å². The Hall–Kier alpha value is -2.41. The summed E-state index contributed by atoms with van der Waals surface area (Å²) in [6, 6.07) is 0.203. The van der Waals surface area contributed by atoms with Crippen molar-refractivity contribution in [1.29, 1.82) is 0 Å². The Morgan fingerprint density at radius 2 is 1.71 bits per heavy atom. The van der Waals surface area contributed by atoms with Gasteiger partial charge in [-0.2, -0.15) is 0 Å². The second-order valence-corrected chi connectivity index (χ2v) is 4.82. The predicted octanol–water partition coefficient (Wildman–Crippen LogP) is 1.23. The minimum Gasteiger partial charge on any atom is -0.463 e. The van der Waals surface area contributed by atoms with E-state index in [2.05, 4.69) is 35.5 Å². The molecule has 138 valence electrons. The lowest BCUT2D eigenvalue weighted by Crippen LogP contribution is -2.30. The highest BCUT2D eigenvalue weighted by molar-refractivity contribution is 5.92. The molecule has 7 heteroatoms. The highest BCUT2D eigenvalue weighted by Gasteiger charge is 2.01. The lowest BCUT2D eigenvalue weighted by Gasteiger charge is -2.06. The number of nitrogens with one attached hydrogen (secondary N) is 1. The van der Waals surface area contributed by atoms with Crippen molar-refractivity contribution in [2.45, 2.75) is 39.7 Å². The van der Waals surface area contributed by atoms with E-state index in [-0.39, 0.29) is 18.6 Å². The molecule has 0 aromatic heterocycles. The molecule has 0 radical (unpaired) electrons. The molecular formula is C17H30N2O5. The molecule has 4 N–H and O–H groups in total. The summed E-state index contributed by atoms with van der Waals surface area (Å²) in [5.74, 6) is -0.951. The number of primary amides is 1. The Bertz CT molecular complexity index is 417. The van der Waals surface area contributed by atoms with Crippen LogP contribution in [0.3, 0.4) is 0 Å². The summed E-state index contributed by atoms with van der Waals surface area (Å²) in [6.45, 7) is 15.9. The highest BCUT2D eigenvalue weighted by atomic mass is 16.5. The van der Waals surface area contributed by atoms with Crippen molar-refractivity contribution in [2.24, 2.45) is 5.73 Å². The van der Waals surface area contributed by atoms with Gasteiger partial charge in [-0.15, -0.1) is 0 Å². The summed E-state index contributed by atoms with van der Waals surface area (Å²) < 4.78 is 4.63. The minimum absolute atomic E-state index is 0.0648. The number of amides is 2. The molecule has 0 aliphatic carbocycles. The molecule has 0 unspecified atom stereocenters. The maximum absolute atomic E-state index is 10.7. The van der Waals surface area contributed by atoms with Crippen LogP contribution in [0, 0.1) is 0 Å². The lowest BCUT2D eigenvalue weighted by molar-refractivity contribution is -0.137. The van der Waals surface area contributed by atoms with Crippen molar-refractivity contribution >= 4 is 17.8 Å². The van der Waals surface area contributed by atoms with Crippen molar-refractivity contribution in [3.8, 4) is 0 Å². The largest absolute Gasteiger partial charge is 0.463 e. The van der Waals surface area contributed by atoms with Crippen molar-refractivity contribution in [3.63, 3.8) is 0 Å². The number of nitrogens with two attached hydrogens (primary N) is 1. The van der Waals surface area contributed by atoms with Crippen LogP contribution in [0.1, 0.15) is 33.6 Å². The molecule has 0 rings (SSSR count). The van der Waals surface area contributed by atoms with Crippen molar-refractivity contribution in [1.82, 2.24) is 5.32 Å². The molecule has 2 amide bonds. The zero-order valence-corrected chi connectivity index (χ0v) is 14.8. The monoisotopic (exact) mass is 342 g/mol. The summed E-state index contributed by atoms with van der Waals surface area (Å²) in [5, 5.41) is 11.0. The van der Waals surface area contributed by atoms with Gasteiger partial charge >= 0.3 is 5.97 Å². The third kappa shape index (κ3) is 27.9. The van der Waals surface area contributed by atoms with Gasteiger partial charge in [-0.1, -0.05) is 19.7 Å². The van der Waals surface area contributed by atoms with Gasteiger partial charge in [0.15, 0.2) is 0 Å². The standard InChI is InChI=1S/C7H13NO.C7H12O3.C3H5NO/c1-5(2)7(9)8-6(3)4;1-2-7(9)10-6-4-3-5-8;1-2-3(4)5/h6H,1H2,2-4H3,(H,8,9);2,8H,1,3-6H2;2H,1H2,(H2,4,5). The number of aliphatic hydroxyl groups is 1. The fraction of sp³-hybridized carbons (Fsp3) is 0.471. The Morgan fingerprint density at radius 3 is 1.96 bits per heavy atom. The molecule has 0 bridgehead atoms. The van der Waals surface area contributed by atoms with Crippen molar-refractivity contribution in [2.75, 3.05) is 13.2 Å². The molecule has 0 saturated heterocycles. The average Bonchev–Trinajstić information content (AvgIpc) is 2.51. The Balaban J connectivity index is -0.000000291. The first-order valence-corrected chi connectivity index (χ1v) is 7.40. The van der Waals surface area contributed by atoms with E-state index in [4.69, 9.17) is 5.11 Å². The molecule has 0 heterocycles. The molecule has 0 aromatic carbocycles. The number of aliphatic hydroxyl groups excluding tert-OH is 1. The number of hydrogen-bond acceptors (Lipinski definition) is 5. The molecule has 0 atom stereocenters. The van der Waals surface area contributed by atoms with Gasteiger partial charge < -0.3 is 20.9 Å². The maximum Gasteiger partial charge on any atom is 0.330 e. The molecule has 0 aromatic rings. The molecule has 0 spiro atoms. The van der Waals surface area contributed by atoms with Gasteiger partial charge in [0.1, 0.15) is 0 Å². The first-order chi connectivity index (χ1) is 11.1. The Labute approximate surface area is 144 Å². The normalized spacial score (nSPS) is 8.54. The van der Waals surface area contributed by atoms with E-state index in [0.717, 1.165) is 12.2 Å². The van der Waals surface area contributed by atoms with Crippen LogP contribution in [0.25, 0.3) is 0 Å². The smallest absolute Gasteiger partial charge is 0.330 e. The molecular weight excluding hydrogens is 312 g/mol. The van der Waals surface area contributed by atoms with Crippen LogP contribution in [0.15, 0.2) is 37.5 Å². The number of ether oxygens (including phenoxy) is 1. The summed E-state index contributed by atoms with van der Waals surface area (Å²) in [4.78, 5) is 30.6. The SMILES string of the molecule is C=C(C)C(=O)NC(C)C.C=CC(=O)OCCCCO.C=CC(N)=O. The second-order valence-electron chi connectivity index (χ2n) is 4.82. The van der Waals surface area contributed by atoms with Crippen LogP contribution in [0.5, 0.6) is 0 Å².